The van der Waals surface area contributed by atoms with E-state index in [1.165, 1.54) is 0 Å². The standard InChI is InChI=1S/C18H20N2O/c1-13-7-3-4-11-17(13)20(2)18(21)15-8-5-10-16-14(15)9-6-12-19-16/h3-5,7-8,10-11,19H,6,9,12H2,1-2H3. The Hall–Kier alpha value is -2.29. The molecular formula is C18H20N2O. The number of rotatable bonds is 2. The first-order valence-electron chi connectivity index (χ1n) is 7.38. The van der Waals surface area contributed by atoms with E-state index in [9.17, 15) is 4.79 Å². The smallest absolute Gasteiger partial charge is 0.258 e. The number of nitrogens with one attached hydrogen (secondary N) is 1. The number of amides is 1. The lowest BCUT2D eigenvalue weighted by Crippen LogP contribution is -2.29. The molecule has 1 N–H and O–H groups in total. The summed E-state index contributed by atoms with van der Waals surface area (Å²) >= 11 is 0. The van der Waals surface area contributed by atoms with Crippen LogP contribution >= 0.6 is 0 Å². The number of carbonyl (C=O) groups is 1. The summed E-state index contributed by atoms with van der Waals surface area (Å²) in [4.78, 5) is 14.6. The van der Waals surface area contributed by atoms with Crippen LogP contribution in [0.4, 0.5) is 11.4 Å². The van der Waals surface area contributed by atoms with Gasteiger partial charge in [0.1, 0.15) is 0 Å². The average Bonchev–Trinajstić information content (AvgIpc) is 2.53. The number of nitrogens with zero attached hydrogens (tertiary/aromatic N) is 1. The lowest BCUT2D eigenvalue weighted by atomic mass is 9.96. The van der Waals surface area contributed by atoms with Crippen LogP contribution in [0.2, 0.25) is 0 Å². The van der Waals surface area contributed by atoms with Gasteiger partial charge in [-0.05, 0) is 49.1 Å². The van der Waals surface area contributed by atoms with Crippen molar-refractivity contribution in [2.75, 3.05) is 23.8 Å². The second-order valence-corrected chi connectivity index (χ2v) is 5.51. The number of hydrogen-bond donors (Lipinski definition) is 1. The Morgan fingerprint density at radius 3 is 2.76 bits per heavy atom. The number of fused-ring (bicyclic) bond motifs is 1. The molecule has 2 aromatic rings. The van der Waals surface area contributed by atoms with Crippen molar-refractivity contribution in [1.82, 2.24) is 0 Å². The van der Waals surface area contributed by atoms with Gasteiger partial charge < -0.3 is 10.2 Å². The van der Waals surface area contributed by atoms with Crippen LogP contribution in [0.1, 0.15) is 27.9 Å². The lowest BCUT2D eigenvalue weighted by molar-refractivity contribution is 0.0992. The van der Waals surface area contributed by atoms with Gasteiger partial charge in [-0.15, -0.1) is 0 Å². The highest BCUT2D eigenvalue weighted by Gasteiger charge is 2.21. The van der Waals surface area contributed by atoms with E-state index in [0.717, 1.165) is 47.5 Å². The van der Waals surface area contributed by atoms with Gasteiger partial charge in [-0.3, -0.25) is 4.79 Å². The van der Waals surface area contributed by atoms with Crippen LogP contribution < -0.4 is 10.2 Å². The summed E-state index contributed by atoms with van der Waals surface area (Å²) in [6, 6.07) is 13.9. The Morgan fingerprint density at radius 2 is 1.95 bits per heavy atom. The molecule has 0 spiro atoms. The van der Waals surface area contributed by atoms with Gasteiger partial charge >= 0.3 is 0 Å². The summed E-state index contributed by atoms with van der Waals surface area (Å²) in [6.07, 6.45) is 2.04. The molecule has 0 radical (unpaired) electrons. The summed E-state index contributed by atoms with van der Waals surface area (Å²) in [5.41, 5.74) is 5.13. The molecule has 1 aliphatic heterocycles. The molecule has 0 atom stereocenters. The maximum Gasteiger partial charge on any atom is 0.258 e. The Kier molecular flexibility index (Phi) is 3.65. The van der Waals surface area contributed by atoms with E-state index in [1.807, 2.05) is 50.4 Å². The fourth-order valence-electron chi connectivity index (χ4n) is 2.94. The van der Waals surface area contributed by atoms with Gasteiger partial charge in [0.2, 0.25) is 0 Å². The van der Waals surface area contributed by atoms with Crippen molar-refractivity contribution in [2.45, 2.75) is 19.8 Å². The molecule has 3 rings (SSSR count). The fraction of sp³-hybridized carbons (Fsp3) is 0.278. The van der Waals surface area contributed by atoms with Crippen LogP contribution in [0, 0.1) is 6.92 Å². The monoisotopic (exact) mass is 280 g/mol. The summed E-state index contributed by atoms with van der Waals surface area (Å²) in [6.45, 7) is 3.01. The molecule has 0 bridgehead atoms. The maximum absolute atomic E-state index is 12.9. The van der Waals surface area contributed by atoms with Crippen LogP contribution in [0.25, 0.3) is 0 Å². The predicted molar refractivity (Wildman–Crippen MR) is 87.2 cm³/mol. The number of anilines is 2. The molecule has 3 nitrogen and oxygen atoms in total. The predicted octanol–water partition coefficient (Wildman–Crippen LogP) is 3.63. The van der Waals surface area contributed by atoms with Crippen molar-refractivity contribution < 1.29 is 4.79 Å². The highest BCUT2D eigenvalue weighted by Crippen LogP contribution is 2.28. The molecule has 108 valence electrons. The zero-order valence-corrected chi connectivity index (χ0v) is 12.5. The van der Waals surface area contributed by atoms with Gasteiger partial charge in [0.05, 0.1) is 0 Å². The first kappa shape index (κ1) is 13.7. The molecule has 0 unspecified atom stereocenters. The number of aryl methyl sites for hydroxylation is 1. The second kappa shape index (κ2) is 5.60. The molecule has 3 heteroatoms. The third kappa shape index (κ3) is 2.51. The maximum atomic E-state index is 12.9. The topological polar surface area (TPSA) is 32.3 Å². The normalized spacial score (nSPS) is 13.2. The zero-order chi connectivity index (χ0) is 14.8. The molecule has 0 aromatic heterocycles. The van der Waals surface area contributed by atoms with E-state index >= 15 is 0 Å². The average molecular weight is 280 g/mol. The van der Waals surface area contributed by atoms with E-state index in [1.54, 1.807) is 4.90 Å². The third-order valence-corrected chi connectivity index (χ3v) is 4.11. The van der Waals surface area contributed by atoms with E-state index < -0.39 is 0 Å². The Balaban J connectivity index is 1.98. The molecule has 2 aromatic carbocycles. The number of hydrogen-bond acceptors (Lipinski definition) is 2. The Labute approximate surface area is 125 Å². The summed E-state index contributed by atoms with van der Waals surface area (Å²) in [7, 11) is 1.85. The van der Waals surface area contributed by atoms with Gasteiger partial charge in [0, 0.05) is 30.5 Å². The zero-order valence-electron chi connectivity index (χ0n) is 12.5. The van der Waals surface area contributed by atoms with Crippen molar-refractivity contribution in [3.05, 3.63) is 59.2 Å². The van der Waals surface area contributed by atoms with Crippen molar-refractivity contribution in [1.29, 1.82) is 0 Å². The van der Waals surface area contributed by atoms with Crippen molar-refractivity contribution in [3.8, 4) is 0 Å². The lowest BCUT2D eigenvalue weighted by Gasteiger charge is -2.24. The van der Waals surface area contributed by atoms with Gasteiger partial charge in [-0.25, -0.2) is 0 Å². The molecule has 1 aliphatic rings. The number of carbonyl (C=O) groups excluding carboxylic acids is 1. The highest BCUT2D eigenvalue weighted by molar-refractivity contribution is 6.07. The molecular weight excluding hydrogens is 260 g/mol. The second-order valence-electron chi connectivity index (χ2n) is 5.51. The summed E-state index contributed by atoms with van der Waals surface area (Å²) < 4.78 is 0. The first-order valence-corrected chi connectivity index (χ1v) is 7.38. The van der Waals surface area contributed by atoms with E-state index in [2.05, 4.69) is 11.4 Å². The molecule has 0 saturated heterocycles. The molecule has 0 fully saturated rings. The quantitative estimate of drug-likeness (QED) is 0.911. The molecule has 0 aliphatic carbocycles. The van der Waals surface area contributed by atoms with Gasteiger partial charge in [0.25, 0.3) is 5.91 Å². The minimum Gasteiger partial charge on any atom is -0.385 e. The largest absolute Gasteiger partial charge is 0.385 e. The number of benzene rings is 2. The van der Waals surface area contributed by atoms with E-state index in [0.29, 0.717) is 0 Å². The third-order valence-electron chi connectivity index (χ3n) is 4.11. The highest BCUT2D eigenvalue weighted by atomic mass is 16.2. The van der Waals surface area contributed by atoms with Gasteiger partial charge in [-0.1, -0.05) is 24.3 Å². The van der Waals surface area contributed by atoms with Gasteiger partial charge in [0.15, 0.2) is 0 Å². The van der Waals surface area contributed by atoms with E-state index in [4.69, 9.17) is 0 Å². The SMILES string of the molecule is Cc1ccccc1N(C)C(=O)c1cccc2c1CCCN2. The minimum atomic E-state index is 0.0600. The molecule has 1 heterocycles. The van der Waals surface area contributed by atoms with Crippen LogP contribution in [-0.4, -0.2) is 19.5 Å². The Bertz CT molecular complexity index is 679. The summed E-state index contributed by atoms with van der Waals surface area (Å²) in [5, 5.41) is 3.38. The van der Waals surface area contributed by atoms with Crippen LogP contribution in [0.5, 0.6) is 0 Å². The summed E-state index contributed by atoms with van der Waals surface area (Å²) in [5.74, 6) is 0.0600. The van der Waals surface area contributed by atoms with Crippen molar-refractivity contribution >= 4 is 17.3 Å². The van der Waals surface area contributed by atoms with Crippen molar-refractivity contribution in [2.24, 2.45) is 0 Å². The van der Waals surface area contributed by atoms with Crippen LogP contribution in [-0.2, 0) is 6.42 Å². The van der Waals surface area contributed by atoms with Crippen LogP contribution in [0.15, 0.2) is 42.5 Å². The number of para-hydroxylation sites is 1. The fourth-order valence-corrected chi connectivity index (χ4v) is 2.94. The molecule has 0 saturated carbocycles. The molecule has 21 heavy (non-hydrogen) atoms. The first-order chi connectivity index (χ1) is 10.2. The van der Waals surface area contributed by atoms with Crippen molar-refractivity contribution in [3.63, 3.8) is 0 Å². The Morgan fingerprint density at radius 1 is 1.14 bits per heavy atom. The van der Waals surface area contributed by atoms with Crippen LogP contribution in [0.3, 0.4) is 0 Å². The van der Waals surface area contributed by atoms with Gasteiger partial charge in [-0.2, -0.15) is 0 Å². The van der Waals surface area contributed by atoms with E-state index in [-0.39, 0.29) is 5.91 Å². The molecule has 1 amide bonds. The minimum absolute atomic E-state index is 0.0600.